The molecule has 0 unspecified atom stereocenters. The molecule has 0 aliphatic carbocycles. The van der Waals surface area contributed by atoms with Crippen molar-refractivity contribution in [1.82, 2.24) is 0 Å². The lowest BCUT2D eigenvalue weighted by molar-refractivity contribution is 0.735. The molecule has 4 heteroatoms. The third-order valence-corrected chi connectivity index (χ3v) is 4.20. The monoisotopic (exact) mass is 287 g/mol. The number of hydrogen-bond donors (Lipinski definition) is 1. The van der Waals surface area contributed by atoms with Crippen molar-refractivity contribution < 1.29 is 0 Å². The van der Waals surface area contributed by atoms with E-state index in [0.717, 1.165) is 35.9 Å². The number of nitrogens with two attached hydrogens (primary N) is 1. The molecule has 0 aromatic heterocycles. The minimum Gasteiger partial charge on any atom is -0.398 e. The largest absolute Gasteiger partial charge is 0.398 e. The molecule has 0 bridgehead atoms. The second kappa shape index (κ2) is 5.25. The van der Waals surface area contributed by atoms with Gasteiger partial charge < -0.3 is 15.5 Å². The van der Waals surface area contributed by atoms with Gasteiger partial charge in [0.1, 0.15) is 0 Å². The van der Waals surface area contributed by atoms with Gasteiger partial charge in [-0.2, -0.15) is 0 Å². The molecule has 1 heterocycles. The maximum atomic E-state index is 6.29. The van der Waals surface area contributed by atoms with E-state index in [9.17, 15) is 0 Å². The SMILES string of the molecule is CN1CCN(Cc2c(N)cccc2Cl)c2ccccc21. The van der Waals surface area contributed by atoms with Crippen LogP contribution in [0.2, 0.25) is 5.02 Å². The lowest BCUT2D eigenvalue weighted by Gasteiger charge is -2.37. The number of para-hydroxylation sites is 2. The van der Waals surface area contributed by atoms with Crippen molar-refractivity contribution in [1.29, 1.82) is 0 Å². The van der Waals surface area contributed by atoms with Gasteiger partial charge in [-0.05, 0) is 24.3 Å². The minimum absolute atomic E-state index is 0.737. The number of hydrogen-bond acceptors (Lipinski definition) is 3. The molecule has 0 atom stereocenters. The van der Waals surface area contributed by atoms with Crippen LogP contribution in [0.15, 0.2) is 42.5 Å². The highest BCUT2D eigenvalue weighted by molar-refractivity contribution is 6.31. The molecule has 3 nitrogen and oxygen atoms in total. The van der Waals surface area contributed by atoms with Crippen LogP contribution in [0.1, 0.15) is 5.56 Å². The number of benzene rings is 2. The Labute approximate surface area is 124 Å². The zero-order chi connectivity index (χ0) is 14.1. The van der Waals surface area contributed by atoms with E-state index in [1.165, 1.54) is 11.4 Å². The first-order chi connectivity index (χ1) is 9.66. The topological polar surface area (TPSA) is 32.5 Å². The lowest BCUT2D eigenvalue weighted by Crippen LogP contribution is -2.38. The summed E-state index contributed by atoms with van der Waals surface area (Å²) in [4.78, 5) is 4.62. The molecule has 0 fully saturated rings. The normalized spacial score (nSPS) is 14.3. The zero-order valence-electron chi connectivity index (χ0n) is 11.5. The molecule has 1 aliphatic rings. The van der Waals surface area contributed by atoms with Gasteiger partial charge in [0, 0.05) is 43.0 Å². The molecule has 1 aliphatic heterocycles. The van der Waals surface area contributed by atoms with Crippen molar-refractivity contribution in [3.8, 4) is 0 Å². The van der Waals surface area contributed by atoms with Crippen LogP contribution in [0.25, 0.3) is 0 Å². The van der Waals surface area contributed by atoms with Crippen LogP contribution in [-0.2, 0) is 6.54 Å². The highest BCUT2D eigenvalue weighted by Gasteiger charge is 2.21. The summed E-state index contributed by atoms with van der Waals surface area (Å²) in [7, 11) is 2.13. The van der Waals surface area contributed by atoms with E-state index < -0.39 is 0 Å². The van der Waals surface area contributed by atoms with E-state index in [1.54, 1.807) is 0 Å². The van der Waals surface area contributed by atoms with Gasteiger partial charge in [0.2, 0.25) is 0 Å². The summed E-state index contributed by atoms with van der Waals surface area (Å²) < 4.78 is 0. The lowest BCUT2D eigenvalue weighted by atomic mass is 10.1. The Balaban J connectivity index is 1.95. The fraction of sp³-hybridized carbons (Fsp3) is 0.250. The fourth-order valence-corrected chi connectivity index (χ4v) is 2.90. The summed E-state index contributed by atoms with van der Waals surface area (Å²) in [5.41, 5.74) is 10.3. The Kier molecular flexibility index (Phi) is 3.45. The van der Waals surface area contributed by atoms with Gasteiger partial charge in [0.25, 0.3) is 0 Å². The third-order valence-electron chi connectivity index (χ3n) is 3.84. The molecule has 3 rings (SSSR count). The summed E-state index contributed by atoms with van der Waals surface area (Å²) in [5, 5.41) is 0.737. The molecule has 0 saturated heterocycles. The number of likely N-dealkylation sites (N-methyl/N-ethyl adjacent to an activating group) is 1. The number of halogens is 1. The fourth-order valence-electron chi connectivity index (χ4n) is 2.66. The molecule has 0 amide bonds. The Morgan fingerprint density at radius 2 is 1.80 bits per heavy atom. The van der Waals surface area contributed by atoms with E-state index in [2.05, 4.69) is 41.1 Å². The van der Waals surface area contributed by atoms with Crippen molar-refractivity contribution >= 4 is 28.7 Å². The molecule has 104 valence electrons. The zero-order valence-corrected chi connectivity index (χ0v) is 12.3. The highest BCUT2D eigenvalue weighted by atomic mass is 35.5. The number of fused-ring (bicyclic) bond motifs is 1. The third kappa shape index (κ3) is 2.29. The second-order valence-electron chi connectivity index (χ2n) is 5.14. The summed E-state index contributed by atoms with van der Waals surface area (Å²) in [6, 6.07) is 14.1. The maximum absolute atomic E-state index is 6.29. The molecular formula is C16H18ClN3. The summed E-state index contributed by atoms with van der Waals surface area (Å²) in [6.45, 7) is 2.72. The van der Waals surface area contributed by atoms with Crippen molar-refractivity contribution in [2.45, 2.75) is 6.54 Å². The van der Waals surface area contributed by atoms with E-state index in [1.807, 2.05) is 18.2 Å². The van der Waals surface area contributed by atoms with Gasteiger partial charge in [0.15, 0.2) is 0 Å². The molecule has 0 saturated carbocycles. The summed E-state index contributed by atoms with van der Waals surface area (Å²) in [6.07, 6.45) is 0. The van der Waals surface area contributed by atoms with Gasteiger partial charge in [-0.1, -0.05) is 29.8 Å². The predicted molar refractivity (Wildman–Crippen MR) is 86.6 cm³/mol. The van der Waals surface area contributed by atoms with E-state index in [-0.39, 0.29) is 0 Å². The molecule has 0 radical (unpaired) electrons. The Bertz CT molecular complexity index is 607. The number of anilines is 3. The van der Waals surface area contributed by atoms with Crippen LogP contribution in [0.4, 0.5) is 17.1 Å². The first-order valence-electron chi connectivity index (χ1n) is 6.75. The number of nitrogens with zero attached hydrogens (tertiary/aromatic N) is 2. The van der Waals surface area contributed by atoms with Crippen LogP contribution >= 0.6 is 11.6 Å². The highest BCUT2D eigenvalue weighted by Crippen LogP contribution is 2.34. The molecule has 20 heavy (non-hydrogen) atoms. The first kappa shape index (κ1) is 13.1. The van der Waals surface area contributed by atoms with Crippen molar-refractivity contribution in [2.75, 3.05) is 35.7 Å². The number of nitrogen functional groups attached to an aromatic ring is 1. The van der Waals surface area contributed by atoms with Crippen LogP contribution in [-0.4, -0.2) is 20.1 Å². The summed E-state index contributed by atoms with van der Waals surface area (Å²) >= 11 is 6.29. The molecule has 2 N–H and O–H groups in total. The standard InChI is InChI=1S/C16H18ClN3/c1-19-9-10-20(16-8-3-2-7-15(16)19)11-12-13(17)5-4-6-14(12)18/h2-8H,9-11,18H2,1H3. The van der Waals surface area contributed by atoms with Gasteiger partial charge in [-0.3, -0.25) is 0 Å². The van der Waals surface area contributed by atoms with Gasteiger partial charge in [-0.15, -0.1) is 0 Å². The van der Waals surface area contributed by atoms with Gasteiger partial charge in [-0.25, -0.2) is 0 Å². The summed E-state index contributed by atoms with van der Waals surface area (Å²) in [5.74, 6) is 0. The van der Waals surface area contributed by atoms with Crippen molar-refractivity contribution in [3.63, 3.8) is 0 Å². The predicted octanol–water partition coefficient (Wildman–Crippen LogP) is 3.38. The van der Waals surface area contributed by atoms with Crippen LogP contribution in [0.3, 0.4) is 0 Å². The molecule has 0 spiro atoms. The Morgan fingerprint density at radius 3 is 2.55 bits per heavy atom. The molecule has 2 aromatic carbocycles. The average Bonchev–Trinajstić information content (AvgIpc) is 2.46. The van der Waals surface area contributed by atoms with Crippen molar-refractivity contribution in [2.24, 2.45) is 0 Å². The van der Waals surface area contributed by atoms with Crippen LogP contribution in [0.5, 0.6) is 0 Å². The van der Waals surface area contributed by atoms with Crippen LogP contribution in [0, 0.1) is 0 Å². The quantitative estimate of drug-likeness (QED) is 0.860. The van der Waals surface area contributed by atoms with E-state index in [0.29, 0.717) is 0 Å². The average molecular weight is 288 g/mol. The van der Waals surface area contributed by atoms with E-state index in [4.69, 9.17) is 17.3 Å². The van der Waals surface area contributed by atoms with Gasteiger partial charge >= 0.3 is 0 Å². The van der Waals surface area contributed by atoms with Crippen molar-refractivity contribution in [3.05, 3.63) is 53.1 Å². The van der Waals surface area contributed by atoms with Gasteiger partial charge in [0.05, 0.1) is 11.4 Å². The van der Waals surface area contributed by atoms with E-state index >= 15 is 0 Å². The first-order valence-corrected chi connectivity index (χ1v) is 7.12. The Hall–Kier alpha value is -1.87. The Morgan fingerprint density at radius 1 is 1.05 bits per heavy atom. The maximum Gasteiger partial charge on any atom is 0.0607 e. The van der Waals surface area contributed by atoms with Crippen LogP contribution < -0.4 is 15.5 Å². The minimum atomic E-state index is 0.737. The molecular weight excluding hydrogens is 270 g/mol. The number of rotatable bonds is 2. The smallest absolute Gasteiger partial charge is 0.0607 e. The molecule has 2 aromatic rings. The second-order valence-corrected chi connectivity index (χ2v) is 5.55.